The molecule has 0 spiro atoms. The van der Waals surface area contributed by atoms with Gasteiger partial charge in [0.05, 0.1) is 0 Å². The summed E-state index contributed by atoms with van der Waals surface area (Å²) in [7, 11) is 0. The van der Waals surface area contributed by atoms with Gasteiger partial charge in [0.2, 0.25) is 0 Å². The molecule has 1 heterocycles. The van der Waals surface area contributed by atoms with E-state index in [4.69, 9.17) is 9.47 Å². The molecule has 0 aliphatic carbocycles. The summed E-state index contributed by atoms with van der Waals surface area (Å²) in [4.78, 5) is 0. The molecule has 1 aliphatic rings. The molecule has 0 amide bonds. The van der Waals surface area contributed by atoms with Gasteiger partial charge in [0.1, 0.15) is 11.5 Å². The van der Waals surface area contributed by atoms with Gasteiger partial charge in [-0.1, -0.05) is 20.8 Å². The van der Waals surface area contributed by atoms with Crippen LogP contribution >= 0.6 is 0 Å². The van der Waals surface area contributed by atoms with Gasteiger partial charge in [-0.2, -0.15) is 0 Å². The Kier molecular flexibility index (Phi) is 2.46. The topological polar surface area (TPSA) is 18.5 Å². The predicted octanol–water partition coefficient (Wildman–Crippen LogP) is 3.03. The second-order valence-electron chi connectivity index (χ2n) is 3.53. The molecule has 12 heavy (non-hydrogen) atoms. The molecule has 2 nitrogen and oxygen atoms in total. The molecule has 0 unspecified atom stereocenters. The van der Waals surface area contributed by atoms with Crippen molar-refractivity contribution in [1.29, 1.82) is 0 Å². The summed E-state index contributed by atoms with van der Waals surface area (Å²) in [5.74, 6) is 3.12. The van der Waals surface area contributed by atoms with Gasteiger partial charge in [0.25, 0.3) is 5.95 Å². The molecule has 2 heteroatoms. The standard InChI is InChI=1S/C10H16O2/c1-6(2)7(3)10-8(4)11-9(5)12-10/h6-7H,5H2,1-4H3/t7-/m0/s1. The van der Waals surface area contributed by atoms with Crippen molar-refractivity contribution >= 4 is 0 Å². The number of hydrogen-bond donors (Lipinski definition) is 0. The first kappa shape index (κ1) is 9.17. The molecule has 0 aromatic rings. The van der Waals surface area contributed by atoms with E-state index in [2.05, 4.69) is 27.4 Å². The second-order valence-corrected chi connectivity index (χ2v) is 3.53. The third-order valence-corrected chi connectivity index (χ3v) is 2.25. The van der Waals surface area contributed by atoms with E-state index >= 15 is 0 Å². The SMILES string of the molecule is C=C1OC(C)=C([C@@H](C)C(C)C)O1. The van der Waals surface area contributed by atoms with Crippen LogP contribution in [0.15, 0.2) is 24.0 Å². The summed E-state index contributed by atoms with van der Waals surface area (Å²) in [6.07, 6.45) is 0. The number of rotatable bonds is 2. The summed E-state index contributed by atoms with van der Waals surface area (Å²) in [5, 5.41) is 0. The Morgan fingerprint density at radius 1 is 1.17 bits per heavy atom. The molecule has 0 aromatic carbocycles. The van der Waals surface area contributed by atoms with Gasteiger partial charge in [-0.3, -0.25) is 0 Å². The highest BCUT2D eigenvalue weighted by molar-refractivity contribution is 5.11. The minimum Gasteiger partial charge on any atom is -0.428 e. The Balaban J connectivity index is 2.75. The van der Waals surface area contributed by atoms with Crippen molar-refractivity contribution in [2.45, 2.75) is 27.7 Å². The first-order valence-corrected chi connectivity index (χ1v) is 4.27. The highest BCUT2D eigenvalue weighted by Gasteiger charge is 2.25. The normalized spacial score (nSPS) is 19.6. The van der Waals surface area contributed by atoms with Crippen LogP contribution in [0.4, 0.5) is 0 Å². The largest absolute Gasteiger partial charge is 0.428 e. The van der Waals surface area contributed by atoms with Crippen LogP contribution in [0.2, 0.25) is 0 Å². The molecule has 1 aliphatic heterocycles. The van der Waals surface area contributed by atoms with Crippen LogP contribution in [-0.2, 0) is 9.47 Å². The van der Waals surface area contributed by atoms with E-state index in [0.29, 0.717) is 17.8 Å². The number of ether oxygens (including phenoxy) is 2. The molecule has 0 saturated heterocycles. The Bertz CT molecular complexity index is 226. The predicted molar refractivity (Wildman–Crippen MR) is 48.0 cm³/mol. The van der Waals surface area contributed by atoms with Crippen LogP contribution < -0.4 is 0 Å². The summed E-state index contributed by atoms with van der Waals surface area (Å²) >= 11 is 0. The molecule has 1 rings (SSSR count). The fraction of sp³-hybridized carbons (Fsp3) is 0.600. The molecule has 0 radical (unpaired) electrons. The van der Waals surface area contributed by atoms with Gasteiger partial charge in [-0.05, 0) is 19.4 Å². The van der Waals surface area contributed by atoms with Crippen LogP contribution in [0.1, 0.15) is 27.7 Å². The van der Waals surface area contributed by atoms with Crippen LogP contribution in [0.5, 0.6) is 0 Å². The van der Waals surface area contributed by atoms with Crippen LogP contribution in [0, 0.1) is 11.8 Å². The van der Waals surface area contributed by atoms with Crippen molar-refractivity contribution in [3.05, 3.63) is 24.0 Å². The maximum absolute atomic E-state index is 5.36. The Labute approximate surface area is 73.9 Å². The summed E-state index contributed by atoms with van der Waals surface area (Å²) in [5.41, 5.74) is 0. The second kappa shape index (κ2) is 3.21. The Hall–Kier alpha value is -0.920. The lowest BCUT2D eigenvalue weighted by atomic mass is 9.95. The zero-order valence-electron chi connectivity index (χ0n) is 8.18. The van der Waals surface area contributed by atoms with Crippen molar-refractivity contribution in [3.8, 4) is 0 Å². The quantitative estimate of drug-likeness (QED) is 0.631. The zero-order valence-corrected chi connectivity index (χ0v) is 8.18. The van der Waals surface area contributed by atoms with Crippen LogP contribution in [0.25, 0.3) is 0 Å². The first-order chi connectivity index (χ1) is 5.52. The van der Waals surface area contributed by atoms with E-state index in [9.17, 15) is 0 Å². The fourth-order valence-corrected chi connectivity index (χ4v) is 1.15. The fourth-order valence-electron chi connectivity index (χ4n) is 1.15. The smallest absolute Gasteiger partial charge is 0.282 e. The van der Waals surface area contributed by atoms with Gasteiger partial charge < -0.3 is 9.47 Å². The Morgan fingerprint density at radius 2 is 1.75 bits per heavy atom. The van der Waals surface area contributed by atoms with Crippen LogP contribution in [0.3, 0.4) is 0 Å². The zero-order chi connectivity index (χ0) is 9.30. The van der Waals surface area contributed by atoms with E-state index in [-0.39, 0.29) is 0 Å². The molecule has 1 atom stereocenters. The number of hydrogen-bond acceptors (Lipinski definition) is 2. The van der Waals surface area contributed by atoms with Crippen molar-refractivity contribution < 1.29 is 9.47 Å². The lowest BCUT2D eigenvalue weighted by molar-refractivity contribution is 0.163. The van der Waals surface area contributed by atoms with Crippen LogP contribution in [-0.4, -0.2) is 0 Å². The summed E-state index contributed by atoms with van der Waals surface area (Å²) in [6.45, 7) is 12.0. The average Bonchev–Trinajstić information content (AvgIpc) is 2.28. The summed E-state index contributed by atoms with van der Waals surface area (Å²) in [6, 6.07) is 0. The lowest BCUT2D eigenvalue weighted by Gasteiger charge is -2.14. The monoisotopic (exact) mass is 168 g/mol. The maximum Gasteiger partial charge on any atom is 0.282 e. The van der Waals surface area contributed by atoms with E-state index in [1.54, 1.807) is 0 Å². The third kappa shape index (κ3) is 1.63. The minimum atomic E-state index is 0.393. The molecular weight excluding hydrogens is 152 g/mol. The van der Waals surface area contributed by atoms with E-state index in [1.807, 2.05) is 6.92 Å². The maximum atomic E-state index is 5.36. The lowest BCUT2D eigenvalue weighted by Crippen LogP contribution is -2.08. The molecule has 0 N–H and O–H groups in total. The molecule has 68 valence electrons. The van der Waals surface area contributed by atoms with Gasteiger partial charge in [-0.15, -0.1) is 0 Å². The van der Waals surface area contributed by atoms with Gasteiger partial charge >= 0.3 is 0 Å². The van der Waals surface area contributed by atoms with Gasteiger partial charge in [0.15, 0.2) is 0 Å². The van der Waals surface area contributed by atoms with E-state index in [1.165, 1.54) is 0 Å². The molecule has 0 fully saturated rings. The highest BCUT2D eigenvalue weighted by atomic mass is 16.7. The average molecular weight is 168 g/mol. The molecule has 0 saturated carbocycles. The van der Waals surface area contributed by atoms with Crippen molar-refractivity contribution in [2.24, 2.45) is 11.8 Å². The third-order valence-electron chi connectivity index (χ3n) is 2.25. The van der Waals surface area contributed by atoms with E-state index < -0.39 is 0 Å². The summed E-state index contributed by atoms with van der Waals surface area (Å²) < 4.78 is 10.6. The molecule has 0 bridgehead atoms. The van der Waals surface area contributed by atoms with Crippen molar-refractivity contribution in [2.75, 3.05) is 0 Å². The van der Waals surface area contributed by atoms with Gasteiger partial charge in [0, 0.05) is 5.92 Å². The Morgan fingerprint density at radius 3 is 2.08 bits per heavy atom. The molecule has 0 aromatic heterocycles. The van der Waals surface area contributed by atoms with E-state index in [0.717, 1.165) is 11.5 Å². The van der Waals surface area contributed by atoms with Gasteiger partial charge in [-0.25, -0.2) is 0 Å². The number of allylic oxidation sites excluding steroid dienone is 2. The van der Waals surface area contributed by atoms with Crippen molar-refractivity contribution in [1.82, 2.24) is 0 Å². The highest BCUT2D eigenvalue weighted by Crippen LogP contribution is 2.32. The van der Waals surface area contributed by atoms with Crippen molar-refractivity contribution in [3.63, 3.8) is 0 Å². The first-order valence-electron chi connectivity index (χ1n) is 4.27. The molecular formula is C10H16O2. The minimum absolute atomic E-state index is 0.393.